The van der Waals surface area contributed by atoms with Crippen LogP contribution in [0.2, 0.25) is 0 Å². The maximum atomic E-state index is 12.0. The van der Waals surface area contributed by atoms with E-state index < -0.39 is 18.1 Å². The molecule has 0 aliphatic carbocycles. The van der Waals surface area contributed by atoms with Gasteiger partial charge in [0.15, 0.2) is 11.5 Å². The highest BCUT2D eigenvalue weighted by molar-refractivity contribution is 5.85. The number of carboxylic acids is 1. The molecule has 1 aliphatic rings. The number of ether oxygens (including phenoxy) is 2. The van der Waals surface area contributed by atoms with Gasteiger partial charge in [-0.15, -0.1) is 0 Å². The second-order valence-electron chi connectivity index (χ2n) is 4.25. The molecule has 0 aromatic carbocycles. The Hall–Kier alpha value is -2.48. The summed E-state index contributed by atoms with van der Waals surface area (Å²) in [5.41, 5.74) is -0.134. The van der Waals surface area contributed by atoms with Crippen LogP contribution in [0.25, 0.3) is 0 Å². The minimum Gasteiger partial charge on any atom is -0.477 e. The van der Waals surface area contributed by atoms with E-state index in [0.29, 0.717) is 13.2 Å². The lowest BCUT2D eigenvalue weighted by Gasteiger charge is -2.33. The number of aromatic carboxylic acids is 1. The number of nitrogens with zero attached hydrogens (tertiary/aromatic N) is 3. The molecule has 1 amide bonds. The highest BCUT2D eigenvalue weighted by atomic mass is 16.6. The summed E-state index contributed by atoms with van der Waals surface area (Å²) in [6.45, 7) is 4.45. The molecule has 21 heavy (non-hydrogen) atoms. The lowest BCUT2D eigenvalue weighted by atomic mass is 10.2. The molecule has 1 unspecified atom stereocenters. The quantitative estimate of drug-likeness (QED) is 0.822. The SMILES string of the molecule is C=CCOC(=O)N1CCOCC1c1nccc(C(=O)O)n1. The van der Waals surface area contributed by atoms with Gasteiger partial charge in [-0.3, -0.25) is 4.90 Å². The van der Waals surface area contributed by atoms with Crippen LogP contribution in [0.4, 0.5) is 4.79 Å². The molecular weight excluding hydrogens is 278 g/mol. The Morgan fingerprint density at radius 2 is 2.43 bits per heavy atom. The van der Waals surface area contributed by atoms with Crippen LogP contribution >= 0.6 is 0 Å². The maximum absolute atomic E-state index is 12.0. The summed E-state index contributed by atoms with van der Waals surface area (Å²) < 4.78 is 10.3. The fourth-order valence-corrected chi connectivity index (χ4v) is 1.90. The molecule has 0 radical (unpaired) electrons. The summed E-state index contributed by atoms with van der Waals surface area (Å²) in [6.07, 6.45) is 2.27. The van der Waals surface area contributed by atoms with Gasteiger partial charge in [0.2, 0.25) is 0 Å². The van der Waals surface area contributed by atoms with Crippen molar-refractivity contribution in [2.24, 2.45) is 0 Å². The molecule has 8 nitrogen and oxygen atoms in total. The van der Waals surface area contributed by atoms with E-state index in [0.717, 1.165) is 0 Å². The predicted molar refractivity (Wildman–Crippen MR) is 70.8 cm³/mol. The maximum Gasteiger partial charge on any atom is 0.410 e. The molecule has 0 saturated carbocycles. The fourth-order valence-electron chi connectivity index (χ4n) is 1.90. The van der Waals surface area contributed by atoms with Gasteiger partial charge in [0, 0.05) is 12.7 Å². The summed E-state index contributed by atoms with van der Waals surface area (Å²) in [5, 5.41) is 8.96. The highest BCUT2D eigenvalue weighted by Gasteiger charge is 2.32. The van der Waals surface area contributed by atoms with E-state index in [-0.39, 0.29) is 24.7 Å². The second-order valence-corrected chi connectivity index (χ2v) is 4.25. The molecule has 0 bridgehead atoms. The summed E-state index contributed by atoms with van der Waals surface area (Å²) in [6, 6.07) is 0.714. The molecule has 2 rings (SSSR count). The van der Waals surface area contributed by atoms with E-state index in [4.69, 9.17) is 14.6 Å². The van der Waals surface area contributed by atoms with Crippen LogP contribution in [0.15, 0.2) is 24.9 Å². The number of carbonyl (C=O) groups excluding carboxylic acids is 1. The summed E-state index contributed by atoms with van der Waals surface area (Å²) in [5.74, 6) is -0.943. The summed E-state index contributed by atoms with van der Waals surface area (Å²) in [7, 11) is 0. The van der Waals surface area contributed by atoms with Crippen LogP contribution in [-0.2, 0) is 9.47 Å². The van der Waals surface area contributed by atoms with E-state index in [1.165, 1.54) is 23.2 Å². The van der Waals surface area contributed by atoms with Gasteiger partial charge in [-0.2, -0.15) is 0 Å². The van der Waals surface area contributed by atoms with Gasteiger partial charge in [0.05, 0.1) is 13.2 Å². The van der Waals surface area contributed by atoms with Crippen molar-refractivity contribution in [1.29, 1.82) is 0 Å². The van der Waals surface area contributed by atoms with Gasteiger partial charge in [0.1, 0.15) is 12.6 Å². The first-order valence-corrected chi connectivity index (χ1v) is 6.31. The number of carbonyl (C=O) groups is 2. The summed E-state index contributed by atoms with van der Waals surface area (Å²) >= 11 is 0. The zero-order chi connectivity index (χ0) is 15.2. The first kappa shape index (κ1) is 14.9. The monoisotopic (exact) mass is 293 g/mol. The molecule has 0 spiro atoms. The van der Waals surface area contributed by atoms with Crippen LogP contribution in [0.1, 0.15) is 22.4 Å². The van der Waals surface area contributed by atoms with Crippen molar-refractivity contribution in [3.63, 3.8) is 0 Å². The molecule has 8 heteroatoms. The smallest absolute Gasteiger partial charge is 0.410 e. The molecule has 1 fully saturated rings. The fraction of sp³-hybridized carbons (Fsp3) is 0.385. The van der Waals surface area contributed by atoms with Gasteiger partial charge >= 0.3 is 12.1 Å². The van der Waals surface area contributed by atoms with Crippen LogP contribution in [0, 0.1) is 0 Å². The number of amides is 1. The third kappa shape index (κ3) is 3.54. The number of aromatic nitrogens is 2. The van der Waals surface area contributed by atoms with E-state index in [1.54, 1.807) is 0 Å². The van der Waals surface area contributed by atoms with E-state index in [2.05, 4.69) is 16.5 Å². The van der Waals surface area contributed by atoms with Gasteiger partial charge in [-0.1, -0.05) is 12.7 Å². The number of carboxylic acid groups (broad SMARTS) is 1. The lowest BCUT2D eigenvalue weighted by molar-refractivity contribution is -0.0106. The van der Waals surface area contributed by atoms with Gasteiger partial charge in [-0.05, 0) is 6.07 Å². The Kier molecular flexibility index (Phi) is 4.83. The third-order valence-electron chi connectivity index (χ3n) is 2.88. The van der Waals surface area contributed by atoms with Crippen LogP contribution in [0.3, 0.4) is 0 Å². The second kappa shape index (κ2) is 6.80. The van der Waals surface area contributed by atoms with E-state index in [9.17, 15) is 9.59 Å². The zero-order valence-electron chi connectivity index (χ0n) is 11.3. The van der Waals surface area contributed by atoms with Gasteiger partial charge < -0.3 is 14.6 Å². The van der Waals surface area contributed by atoms with E-state index >= 15 is 0 Å². The Morgan fingerprint density at radius 1 is 1.62 bits per heavy atom. The van der Waals surface area contributed by atoms with Crippen LogP contribution in [-0.4, -0.2) is 58.4 Å². The van der Waals surface area contributed by atoms with Crippen molar-refractivity contribution in [2.75, 3.05) is 26.4 Å². The minimum absolute atomic E-state index is 0.0962. The van der Waals surface area contributed by atoms with Crippen molar-refractivity contribution in [3.8, 4) is 0 Å². The molecule has 1 aromatic heterocycles. The molecular formula is C13H15N3O5. The largest absolute Gasteiger partial charge is 0.477 e. The zero-order valence-corrected chi connectivity index (χ0v) is 11.3. The van der Waals surface area contributed by atoms with Gasteiger partial charge in [0.25, 0.3) is 0 Å². The Bertz CT molecular complexity index is 548. The Morgan fingerprint density at radius 3 is 3.14 bits per heavy atom. The number of hydrogen-bond acceptors (Lipinski definition) is 6. The molecule has 1 aromatic rings. The van der Waals surface area contributed by atoms with Crippen LogP contribution < -0.4 is 0 Å². The predicted octanol–water partition coefficient (Wildman–Crippen LogP) is 0.871. The highest BCUT2D eigenvalue weighted by Crippen LogP contribution is 2.22. The van der Waals surface area contributed by atoms with Crippen LogP contribution in [0.5, 0.6) is 0 Å². The standard InChI is InChI=1S/C13H15N3O5/c1-2-6-21-13(19)16-5-7-20-8-10(16)11-14-4-3-9(15-11)12(17)18/h2-4,10H,1,5-8H2,(H,17,18). The van der Waals surface area contributed by atoms with Gasteiger partial charge in [-0.25, -0.2) is 19.6 Å². The van der Waals surface area contributed by atoms with E-state index in [1.807, 2.05) is 0 Å². The third-order valence-corrected chi connectivity index (χ3v) is 2.88. The molecule has 1 atom stereocenters. The van der Waals surface area contributed by atoms with Crippen molar-refractivity contribution in [1.82, 2.24) is 14.9 Å². The summed E-state index contributed by atoms with van der Waals surface area (Å²) in [4.78, 5) is 32.4. The molecule has 112 valence electrons. The Balaban J connectivity index is 2.21. The minimum atomic E-state index is -1.16. The molecule has 1 saturated heterocycles. The lowest BCUT2D eigenvalue weighted by Crippen LogP contribution is -2.44. The van der Waals surface area contributed by atoms with Crippen molar-refractivity contribution < 1.29 is 24.2 Å². The van der Waals surface area contributed by atoms with Crippen molar-refractivity contribution >= 4 is 12.1 Å². The first-order valence-electron chi connectivity index (χ1n) is 6.31. The number of morpholine rings is 1. The van der Waals surface area contributed by atoms with Crippen molar-refractivity contribution in [2.45, 2.75) is 6.04 Å². The average Bonchev–Trinajstić information content (AvgIpc) is 2.52. The van der Waals surface area contributed by atoms with Crippen molar-refractivity contribution in [3.05, 3.63) is 36.4 Å². The molecule has 1 N–H and O–H groups in total. The number of rotatable bonds is 4. The molecule has 2 heterocycles. The normalized spacial score (nSPS) is 18.1. The average molecular weight is 293 g/mol. The first-order chi connectivity index (χ1) is 10.1. The number of hydrogen-bond donors (Lipinski definition) is 1. The Labute approximate surface area is 121 Å². The molecule has 1 aliphatic heterocycles. The topological polar surface area (TPSA) is 102 Å².